The fourth-order valence-corrected chi connectivity index (χ4v) is 2.50. The van der Waals surface area contributed by atoms with E-state index in [0.29, 0.717) is 11.4 Å². The quantitative estimate of drug-likeness (QED) is 0.564. The number of rotatable bonds is 6. The van der Waals surface area contributed by atoms with Gasteiger partial charge in [-0.3, -0.25) is 0 Å². The predicted octanol–water partition coefficient (Wildman–Crippen LogP) is -0.116. The molecule has 1 atom stereocenters. The molecule has 0 bridgehead atoms. The molecule has 84 valence electrons. The maximum Gasteiger partial charge on any atom is 0.277 e. The Labute approximate surface area is 90.6 Å². The van der Waals surface area contributed by atoms with Crippen LogP contribution in [0.1, 0.15) is 27.2 Å². The lowest BCUT2D eigenvalue weighted by atomic mass is 10.3. The standard InChI is InChI=1S/C7H17N3O2S2/c1-5(2)9-14(11,12)10-6(3)4-7(8)13/h5-6,9-10H,4H2,1-3H3,(H2,8,13). The van der Waals surface area contributed by atoms with Crippen LogP contribution in [-0.2, 0) is 10.2 Å². The molecule has 5 nitrogen and oxygen atoms in total. The van der Waals surface area contributed by atoms with E-state index < -0.39 is 10.2 Å². The van der Waals surface area contributed by atoms with Gasteiger partial charge in [-0.05, 0) is 20.8 Å². The second kappa shape index (κ2) is 5.59. The summed E-state index contributed by atoms with van der Waals surface area (Å²) in [5.41, 5.74) is 5.29. The Balaban J connectivity index is 4.16. The zero-order valence-corrected chi connectivity index (χ0v) is 10.2. The van der Waals surface area contributed by atoms with Crippen molar-refractivity contribution < 1.29 is 8.42 Å². The summed E-state index contributed by atoms with van der Waals surface area (Å²) in [7, 11) is -3.44. The molecule has 14 heavy (non-hydrogen) atoms. The molecule has 0 radical (unpaired) electrons. The van der Waals surface area contributed by atoms with Crippen LogP contribution < -0.4 is 15.2 Å². The molecule has 0 aliphatic carbocycles. The normalized spacial score (nSPS) is 14.3. The average Bonchev–Trinajstić information content (AvgIpc) is 1.77. The van der Waals surface area contributed by atoms with Crippen molar-refractivity contribution in [3.8, 4) is 0 Å². The lowest BCUT2D eigenvalue weighted by Crippen LogP contribution is -2.45. The third kappa shape index (κ3) is 7.19. The zero-order valence-electron chi connectivity index (χ0n) is 8.57. The van der Waals surface area contributed by atoms with E-state index >= 15 is 0 Å². The molecule has 0 amide bonds. The number of thiocarbonyl (C=S) groups is 1. The smallest absolute Gasteiger partial charge is 0.277 e. The van der Waals surface area contributed by atoms with Gasteiger partial charge in [-0.1, -0.05) is 12.2 Å². The van der Waals surface area contributed by atoms with Crippen molar-refractivity contribution in [2.24, 2.45) is 5.73 Å². The molecule has 0 saturated carbocycles. The Morgan fingerprint density at radius 3 is 2.21 bits per heavy atom. The maximum absolute atomic E-state index is 11.3. The van der Waals surface area contributed by atoms with Gasteiger partial charge in [0.1, 0.15) is 0 Å². The van der Waals surface area contributed by atoms with Crippen LogP contribution in [0.5, 0.6) is 0 Å². The van der Waals surface area contributed by atoms with E-state index in [-0.39, 0.29) is 12.1 Å². The van der Waals surface area contributed by atoms with Crippen molar-refractivity contribution >= 4 is 27.4 Å². The zero-order chi connectivity index (χ0) is 11.4. The van der Waals surface area contributed by atoms with E-state index in [1.165, 1.54) is 0 Å². The fourth-order valence-electron chi connectivity index (χ4n) is 0.953. The van der Waals surface area contributed by atoms with Crippen molar-refractivity contribution in [2.75, 3.05) is 0 Å². The van der Waals surface area contributed by atoms with Crippen LogP contribution >= 0.6 is 12.2 Å². The molecule has 0 aromatic heterocycles. The Hall–Kier alpha value is -0.240. The summed E-state index contributed by atoms with van der Waals surface area (Å²) in [5.74, 6) is 0. The molecule has 0 aliphatic heterocycles. The summed E-state index contributed by atoms with van der Waals surface area (Å²) in [6.07, 6.45) is 0.355. The number of nitrogens with two attached hydrogens (primary N) is 1. The van der Waals surface area contributed by atoms with Gasteiger partial charge >= 0.3 is 0 Å². The molecule has 0 fully saturated rings. The molecule has 0 rings (SSSR count). The van der Waals surface area contributed by atoms with Crippen molar-refractivity contribution in [3.05, 3.63) is 0 Å². The summed E-state index contributed by atoms with van der Waals surface area (Å²) in [4.78, 5) is 0.296. The lowest BCUT2D eigenvalue weighted by molar-refractivity contribution is 0.540. The average molecular weight is 239 g/mol. The van der Waals surface area contributed by atoms with E-state index in [1.54, 1.807) is 20.8 Å². The molecular weight excluding hydrogens is 222 g/mol. The largest absolute Gasteiger partial charge is 0.393 e. The molecule has 4 N–H and O–H groups in total. The summed E-state index contributed by atoms with van der Waals surface area (Å²) in [6, 6.07) is -0.423. The van der Waals surface area contributed by atoms with Crippen LogP contribution in [0, 0.1) is 0 Å². The summed E-state index contributed by atoms with van der Waals surface area (Å²) in [5, 5.41) is 0. The van der Waals surface area contributed by atoms with Crippen LogP contribution in [0.15, 0.2) is 0 Å². The van der Waals surface area contributed by atoms with Gasteiger partial charge in [0, 0.05) is 18.5 Å². The topological polar surface area (TPSA) is 84.2 Å². The predicted molar refractivity (Wildman–Crippen MR) is 61.2 cm³/mol. The maximum atomic E-state index is 11.3. The highest BCUT2D eigenvalue weighted by Gasteiger charge is 2.15. The first-order valence-electron chi connectivity index (χ1n) is 4.31. The molecule has 0 aromatic rings. The highest BCUT2D eigenvalue weighted by atomic mass is 32.2. The van der Waals surface area contributed by atoms with Crippen molar-refractivity contribution in [1.29, 1.82) is 0 Å². The van der Waals surface area contributed by atoms with Gasteiger partial charge in [0.15, 0.2) is 0 Å². The van der Waals surface area contributed by atoms with E-state index in [1.807, 2.05) is 0 Å². The van der Waals surface area contributed by atoms with Crippen molar-refractivity contribution in [2.45, 2.75) is 39.3 Å². The second-order valence-corrected chi connectivity index (χ2v) is 5.47. The summed E-state index contributed by atoms with van der Waals surface area (Å²) in [6.45, 7) is 5.20. The van der Waals surface area contributed by atoms with Gasteiger partial charge < -0.3 is 5.73 Å². The van der Waals surface area contributed by atoms with Crippen molar-refractivity contribution in [1.82, 2.24) is 9.44 Å². The first-order valence-corrected chi connectivity index (χ1v) is 6.20. The van der Waals surface area contributed by atoms with Gasteiger partial charge in [0.2, 0.25) is 0 Å². The Morgan fingerprint density at radius 2 is 1.86 bits per heavy atom. The van der Waals surface area contributed by atoms with Crippen LogP contribution in [0.25, 0.3) is 0 Å². The molecule has 0 saturated heterocycles. The van der Waals surface area contributed by atoms with E-state index in [2.05, 4.69) is 21.7 Å². The molecule has 0 heterocycles. The van der Waals surface area contributed by atoms with Crippen LogP contribution in [0.2, 0.25) is 0 Å². The van der Waals surface area contributed by atoms with Gasteiger partial charge in [-0.15, -0.1) is 0 Å². The van der Waals surface area contributed by atoms with Crippen LogP contribution in [-0.4, -0.2) is 25.5 Å². The fraction of sp³-hybridized carbons (Fsp3) is 0.857. The molecule has 7 heteroatoms. The van der Waals surface area contributed by atoms with Gasteiger partial charge in [0.05, 0.1) is 4.99 Å². The minimum atomic E-state index is -3.44. The minimum Gasteiger partial charge on any atom is -0.393 e. The van der Waals surface area contributed by atoms with Gasteiger partial charge in [-0.25, -0.2) is 0 Å². The monoisotopic (exact) mass is 239 g/mol. The van der Waals surface area contributed by atoms with Gasteiger partial charge in [-0.2, -0.15) is 17.9 Å². The lowest BCUT2D eigenvalue weighted by Gasteiger charge is -2.15. The van der Waals surface area contributed by atoms with E-state index in [0.717, 1.165) is 0 Å². The highest BCUT2D eigenvalue weighted by molar-refractivity contribution is 7.87. The number of hydrogen-bond acceptors (Lipinski definition) is 3. The third-order valence-corrected chi connectivity index (χ3v) is 2.92. The second-order valence-electron chi connectivity index (χ2n) is 3.47. The van der Waals surface area contributed by atoms with E-state index in [9.17, 15) is 8.42 Å². The molecule has 0 aliphatic rings. The molecular formula is C7H17N3O2S2. The van der Waals surface area contributed by atoms with Crippen LogP contribution in [0.4, 0.5) is 0 Å². The Bertz CT molecular complexity index is 287. The minimum absolute atomic E-state index is 0.135. The third-order valence-electron chi connectivity index (χ3n) is 1.25. The molecule has 0 aromatic carbocycles. The molecule has 1 unspecified atom stereocenters. The first kappa shape index (κ1) is 13.8. The first-order chi connectivity index (χ1) is 6.23. The highest BCUT2D eigenvalue weighted by Crippen LogP contribution is 1.94. The van der Waals surface area contributed by atoms with Gasteiger partial charge in [0.25, 0.3) is 10.2 Å². The number of nitrogens with one attached hydrogen (secondary N) is 2. The van der Waals surface area contributed by atoms with Crippen molar-refractivity contribution in [3.63, 3.8) is 0 Å². The van der Waals surface area contributed by atoms with Crippen LogP contribution in [0.3, 0.4) is 0 Å². The van der Waals surface area contributed by atoms with E-state index in [4.69, 9.17) is 5.73 Å². The number of hydrogen-bond donors (Lipinski definition) is 3. The molecule has 0 spiro atoms. The Morgan fingerprint density at radius 1 is 1.36 bits per heavy atom. The summed E-state index contributed by atoms with van der Waals surface area (Å²) < 4.78 is 27.5. The Kier molecular flexibility index (Phi) is 5.50. The SMILES string of the molecule is CC(C)NS(=O)(=O)NC(C)CC(N)=S. The summed E-state index contributed by atoms with van der Waals surface area (Å²) >= 11 is 4.67.